The van der Waals surface area contributed by atoms with Gasteiger partial charge in [-0.3, -0.25) is 20.0 Å². The Hall–Kier alpha value is -4.50. The zero-order chi connectivity index (χ0) is 25.5. The van der Waals surface area contributed by atoms with Gasteiger partial charge in [0.2, 0.25) is 0 Å². The van der Waals surface area contributed by atoms with Gasteiger partial charge in [0.15, 0.2) is 11.5 Å². The monoisotopic (exact) mass is 504 g/mol. The molecule has 6 aromatic rings. The fourth-order valence-electron chi connectivity index (χ4n) is 5.24. The van der Waals surface area contributed by atoms with Crippen LogP contribution in [0.5, 0.6) is 0 Å². The van der Waals surface area contributed by atoms with Gasteiger partial charge < -0.3 is 4.98 Å². The number of imidazole rings is 1. The van der Waals surface area contributed by atoms with E-state index in [-0.39, 0.29) is 5.82 Å². The summed E-state index contributed by atoms with van der Waals surface area (Å²) in [5, 5.41) is 8.39. The number of fused-ring (bicyclic) bond motifs is 2. The van der Waals surface area contributed by atoms with Gasteiger partial charge in [-0.15, -0.1) is 0 Å². The van der Waals surface area contributed by atoms with Crippen LogP contribution in [-0.2, 0) is 6.54 Å². The average Bonchev–Trinajstić information content (AvgIpc) is 3.57. The summed E-state index contributed by atoms with van der Waals surface area (Å²) in [5.74, 6) is 0.274. The molecule has 0 bridgehead atoms. The van der Waals surface area contributed by atoms with Crippen molar-refractivity contribution in [3.05, 3.63) is 78.6 Å². The largest absolute Gasteiger partial charge is 0.336 e. The Labute approximate surface area is 218 Å². The van der Waals surface area contributed by atoms with Gasteiger partial charge in [-0.2, -0.15) is 5.10 Å². The van der Waals surface area contributed by atoms with Crippen LogP contribution in [0.4, 0.5) is 4.39 Å². The molecule has 0 unspecified atom stereocenters. The van der Waals surface area contributed by atoms with Crippen LogP contribution in [0.3, 0.4) is 0 Å². The molecule has 1 fully saturated rings. The Kier molecular flexibility index (Phi) is 5.62. The van der Waals surface area contributed by atoms with Crippen molar-refractivity contribution in [3.63, 3.8) is 0 Å². The third-order valence-electron chi connectivity index (χ3n) is 7.12. The molecule has 8 nitrogen and oxygen atoms in total. The smallest absolute Gasteiger partial charge is 0.159 e. The number of benzene rings is 1. The van der Waals surface area contributed by atoms with Crippen LogP contribution in [0.2, 0.25) is 0 Å². The highest BCUT2D eigenvalue weighted by molar-refractivity contribution is 5.96. The maximum Gasteiger partial charge on any atom is 0.159 e. The highest BCUT2D eigenvalue weighted by Crippen LogP contribution is 2.32. The Morgan fingerprint density at radius 1 is 0.868 bits per heavy atom. The quantitative estimate of drug-likeness (QED) is 0.310. The highest BCUT2D eigenvalue weighted by Gasteiger charge is 2.18. The van der Waals surface area contributed by atoms with E-state index in [2.05, 4.69) is 47.2 Å². The van der Waals surface area contributed by atoms with Crippen LogP contribution in [0.15, 0.2) is 67.3 Å². The van der Waals surface area contributed by atoms with E-state index in [1.54, 1.807) is 12.3 Å². The molecule has 5 aromatic heterocycles. The number of hydrogen-bond acceptors (Lipinski definition) is 6. The Bertz CT molecular complexity index is 1770. The first kappa shape index (κ1) is 22.7. The number of H-pyrrole nitrogens is 2. The number of hydrogen-bond donors (Lipinski definition) is 2. The standard InChI is InChI=1S/C29H25FN8/c30-22-6-4-5-19(12-22)25-27-24(7-8-32-25)34-29(35-27)26-23-13-21(16-33-28(23)37-36-26)20-11-18(14-31-15-20)17-38-9-2-1-3-10-38/h4-8,11-16H,1-3,9-10,17H2,(H,34,35)(H,33,36,37). The van der Waals surface area contributed by atoms with Gasteiger partial charge in [0.1, 0.15) is 17.0 Å². The number of piperidine rings is 1. The molecule has 38 heavy (non-hydrogen) atoms. The van der Waals surface area contributed by atoms with Gasteiger partial charge in [-0.05, 0) is 61.8 Å². The van der Waals surface area contributed by atoms with Crippen molar-refractivity contribution in [2.75, 3.05) is 13.1 Å². The minimum absolute atomic E-state index is 0.316. The molecule has 0 aliphatic carbocycles. The number of rotatable bonds is 5. The van der Waals surface area contributed by atoms with Crippen LogP contribution >= 0.6 is 0 Å². The molecule has 1 aliphatic heterocycles. The predicted molar refractivity (Wildman–Crippen MR) is 145 cm³/mol. The van der Waals surface area contributed by atoms with E-state index in [0.29, 0.717) is 33.9 Å². The van der Waals surface area contributed by atoms with Crippen LogP contribution in [0, 0.1) is 5.82 Å². The summed E-state index contributed by atoms with van der Waals surface area (Å²) in [6.07, 6.45) is 11.2. The zero-order valence-electron chi connectivity index (χ0n) is 20.7. The molecule has 0 amide bonds. The molecule has 2 N–H and O–H groups in total. The summed E-state index contributed by atoms with van der Waals surface area (Å²) in [4.78, 5) is 24.3. The van der Waals surface area contributed by atoms with Crippen LogP contribution in [0.25, 0.3) is 56.0 Å². The Balaban J connectivity index is 1.26. The summed E-state index contributed by atoms with van der Waals surface area (Å²) in [6.45, 7) is 3.20. The molecule has 1 aromatic carbocycles. The minimum Gasteiger partial charge on any atom is -0.336 e. The van der Waals surface area contributed by atoms with Gasteiger partial charge in [-0.25, -0.2) is 14.4 Å². The van der Waals surface area contributed by atoms with Crippen molar-refractivity contribution in [3.8, 4) is 33.9 Å². The number of aromatic amines is 2. The van der Waals surface area contributed by atoms with Gasteiger partial charge in [0.25, 0.3) is 0 Å². The second-order valence-corrected chi connectivity index (χ2v) is 9.76. The average molecular weight is 505 g/mol. The predicted octanol–water partition coefficient (Wildman–Crippen LogP) is 5.75. The topological polar surface area (TPSA) is 99.3 Å². The van der Waals surface area contributed by atoms with Crippen LogP contribution in [-0.4, -0.2) is 53.1 Å². The van der Waals surface area contributed by atoms with Crippen molar-refractivity contribution in [1.82, 2.24) is 40.0 Å². The number of pyridine rings is 3. The van der Waals surface area contributed by atoms with Crippen molar-refractivity contribution < 1.29 is 4.39 Å². The first-order chi connectivity index (χ1) is 18.7. The van der Waals surface area contributed by atoms with E-state index < -0.39 is 0 Å². The first-order valence-electron chi connectivity index (χ1n) is 12.8. The Morgan fingerprint density at radius 2 is 1.76 bits per heavy atom. The van der Waals surface area contributed by atoms with Gasteiger partial charge >= 0.3 is 0 Å². The lowest BCUT2D eigenvalue weighted by atomic mass is 10.1. The lowest BCUT2D eigenvalue weighted by molar-refractivity contribution is 0.220. The maximum atomic E-state index is 13.9. The Morgan fingerprint density at radius 3 is 2.66 bits per heavy atom. The molecule has 1 saturated heterocycles. The molecular formula is C29H25FN8. The molecule has 0 radical (unpaired) electrons. The molecule has 188 valence electrons. The van der Waals surface area contributed by atoms with Crippen LogP contribution in [0.1, 0.15) is 24.8 Å². The molecule has 1 aliphatic rings. The van der Waals surface area contributed by atoms with Gasteiger partial charge in [0, 0.05) is 48.0 Å². The second kappa shape index (κ2) is 9.42. The molecule has 0 spiro atoms. The number of nitrogens with zero attached hydrogens (tertiary/aromatic N) is 6. The maximum absolute atomic E-state index is 13.9. The molecular weight excluding hydrogens is 479 g/mol. The lowest BCUT2D eigenvalue weighted by Crippen LogP contribution is -2.29. The van der Waals surface area contributed by atoms with Crippen molar-refractivity contribution in [2.45, 2.75) is 25.8 Å². The fraction of sp³-hybridized carbons (Fsp3) is 0.207. The minimum atomic E-state index is -0.316. The van der Waals surface area contributed by atoms with Gasteiger partial charge in [0.05, 0.1) is 16.6 Å². The van der Waals surface area contributed by atoms with E-state index in [0.717, 1.165) is 41.7 Å². The molecule has 6 heterocycles. The summed E-state index contributed by atoms with van der Waals surface area (Å²) < 4.78 is 13.9. The van der Waals surface area contributed by atoms with E-state index in [1.165, 1.54) is 37.0 Å². The first-order valence-corrected chi connectivity index (χ1v) is 12.8. The number of halogens is 1. The fourth-order valence-corrected chi connectivity index (χ4v) is 5.24. The molecule has 0 atom stereocenters. The van der Waals surface area contributed by atoms with E-state index in [4.69, 9.17) is 4.98 Å². The SMILES string of the molecule is Fc1cccc(-c2nccc3[nH]c(-c4n[nH]c5ncc(-c6cncc(CN7CCCCC7)c6)cc45)nc23)c1. The summed E-state index contributed by atoms with van der Waals surface area (Å²) >= 11 is 0. The summed E-state index contributed by atoms with van der Waals surface area (Å²) in [6, 6.07) is 12.5. The number of likely N-dealkylation sites (tertiary alicyclic amines) is 1. The third-order valence-corrected chi connectivity index (χ3v) is 7.12. The van der Waals surface area contributed by atoms with Crippen molar-refractivity contribution in [2.24, 2.45) is 0 Å². The number of aromatic nitrogens is 7. The normalized spacial score (nSPS) is 14.4. The lowest BCUT2D eigenvalue weighted by Gasteiger charge is -2.26. The van der Waals surface area contributed by atoms with Crippen molar-refractivity contribution >= 4 is 22.1 Å². The van der Waals surface area contributed by atoms with Gasteiger partial charge in [-0.1, -0.05) is 18.6 Å². The van der Waals surface area contributed by atoms with E-state index in [9.17, 15) is 4.39 Å². The summed E-state index contributed by atoms with van der Waals surface area (Å²) in [5.41, 5.74) is 7.24. The molecule has 7 rings (SSSR count). The van der Waals surface area contributed by atoms with Crippen molar-refractivity contribution in [1.29, 1.82) is 0 Å². The highest BCUT2D eigenvalue weighted by atomic mass is 19.1. The zero-order valence-corrected chi connectivity index (χ0v) is 20.7. The molecule has 9 heteroatoms. The number of nitrogens with one attached hydrogen (secondary N) is 2. The van der Waals surface area contributed by atoms with E-state index >= 15 is 0 Å². The third kappa shape index (κ3) is 4.20. The molecule has 0 saturated carbocycles. The van der Waals surface area contributed by atoms with E-state index in [1.807, 2.05) is 30.7 Å². The van der Waals surface area contributed by atoms with Crippen LogP contribution < -0.4 is 0 Å². The second-order valence-electron chi connectivity index (χ2n) is 9.76. The summed E-state index contributed by atoms with van der Waals surface area (Å²) in [7, 11) is 0.